The lowest BCUT2D eigenvalue weighted by molar-refractivity contribution is 0.170. The van der Waals surface area contributed by atoms with E-state index in [0.717, 1.165) is 43.5 Å². The number of pyridine rings is 1. The quantitative estimate of drug-likeness (QED) is 0.880. The maximum atomic E-state index is 12.3. The topological polar surface area (TPSA) is 71.2 Å². The molecule has 2 aromatic rings. The van der Waals surface area contributed by atoms with Crippen molar-refractivity contribution in [2.45, 2.75) is 32.4 Å². The first-order chi connectivity index (χ1) is 12.2. The number of urea groups is 1. The Morgan fingerprint density at radius 3 is 2.32 bits per heavy atom. The van der Waals surface area contributed by atoms with E-state index in [1.165, 1.54) is 5.56 Å². The van der Waals surface area contributed by atoms with E-state index in [4.69, 9.17) is 5.73 Å². The molecule has 1 aromatic carbocycles. The number of aromatic nitrogens is 1. The van der Waals surface area contributed by atoms with Crippen LogP contribution in [0.5, 0.6) is 0 Å². The first kappa shape index (κ1) is 17.4. The van der Waals surface area contributed by atoms with Gasteiger partial charge in [0.2, 0.25) is 0 Å². The summed E-state index contributed by atoms with van der Waals surface area (Å²) in [6.45, 7) is 2.75. The highest BCUT2D eigenvalue weighted by Crippen LogP contribution is 2.21. The fourth-order valence-electron chi connectivity index (χ4n) is 3.28. The Labute approximate surface area is 149 Å². The van der Waals surface area contributed by atoms with Gasteiger partial charge in [-0.05, 0) is 54.0 Å². The zero-order chi connectivity index (χ0) is 17.5. The van der Waals surface area contributed by atoms with Gasteiger partial charge in [0, 0.05) is 38.6 Å². The van der Waals surface area contributed by atoms with Crippen LogP contribution in [0, 0.1) is 5.92 Å². The molecule has 0 spiro atoms. The number of likely N-dealkylation sites (tertiary alicyclic amines) is 1. The third-order valence-corrected chi connectivity index (χ3v) is 4.88. The van der Waals surface area contributed by atoms with Gasteiger partial charge in [0.1, 0.15) is 0 Å². The number of amides is 2. The number of rotatable bonds is 5. The molecule has 1 fully saturated rings. The Hall–Kier alpha value is -2.40. The van der Waals surface area contributed by atoms with Crippen molar-refractivity contribution >= 4 is 6.03 Å². The normalized spacial score (nSPS) is 15.2. The number of nitrogens with one attached hydrogen (secondary N) is 1. The summed E-state index contributed by atoms with van der Waals surface area (Å²) >= 11 is 0. The molecule has 3 rings (SSSR count). The molecular formula is C20H26N4O. The van der Waals surface area contributed by atoms with Crippen LogP contribution in [0.3, 0.4) is 0 Å². The van der Waals surface area contributed by atoms with Gasteiger partial charge < -0.3 is 16.0 Å². The predicted molar refractivity (Wildman–Crippen MR) is 98.8 cm³/mol. The van der Waals surface area contributed by atoms with E-state index < -0.39 is 0 Å². The van der Waals surface area contributed by atoms with Crippen LogP contribution in [0.2, 0.25) is 0 Å². The largest absolute Gasteiger partial charge is 0.334 e. The average molecular weight is 338 g/mol. The molecular weight excluding hydrogens is 312 g/mol. The van der Waals surface area contributed by atoms with Gasteiger partial charge in [-0.1, -0.05) is 24.3 Å². The molecule has 3 N–H and O–H groups in total. The van der Waals surface area contributed by atoms with Gasteiger partial charge in [0.25, 0.3) is 0 Å². The van der Waals surface area contributed by atoms with Crippen LogP contribution in [-0.2, 0) is 19.5 Å². The highest BCUT2D eigenvalue weighted by molar-refractivity contribution is 5.74. The Morgan fingerprint density at radius 1 is 1.04 bits per heavy atom. The summed E-state index contributed by atoms with van der Waals surface area (Å²) in [5.74, 6) is 0.648. The molecule has 0 saturated carbocycles. The van der Waals surface area contributed by atoms with Crippen molar-refractivity contribution in [2.24, 2.45) is 11.7 Å². The van der Waals surface area contributed by atoms with Crippen molar-refractivity contribution in [1.29, 1.82) is 0 Å². The van der Waals surface area contributed by atoms with Gasteiger partial charge in [-0.15, -0.1) is 0 Å². The molecule has 1 saturated heterocycles. The van der Waals surface area contributed by atoms with E-state index in [1.54, 1.807) is 0 Å². The van der Waals surface area contributed by atoms with E-state index in [2.05, 4.69) is 22.4 Å². The number of hydrogen-bond donors (Lipinski definition) is 2. The standard InChI is InChI=1S/C20H26N4O/c21-14-18-1-3-19(4-2-18)15-23-20(25)24-11-7-17(8-12-24)13-16-5-9-22-10-6-16/h1-6,9-10,17H,7-8,11-15,21H2,(H,23,25). The van der Waals surface area contributed by atoms with Crippen molar-refractivity contribution in [3.63, 3.8) is 0 Å². The monoisotopic (exact) mass is 338 g/mol. The highest BCUT2D eigenvalue weighted by Gasteiger charge is 2.22. The molecule has 132 valence electrons. The summed E-state index contributed by atoms with van der Waals surface area (Å²) in [5, 5.41) is 3.02. The zero-order valence-electron chi connectivity index (χ0n) is 14.5. The molecule has 2 heterocycles. The summed E-state index contributed by atoms with van der Waals surface area (Å²) in [4.78, 5) is 18.3. The molecule has 1 aromatic heterocycles. The van der Waals surface area contributed by atoms with E-state index in [1.807, 2.05) is 41.6 Å². The smallest absolute Gasteiger partial charge is 0.317 e. The number of benzene rings is 1. The van der Waals surface area contributed by atoms with Crippen LogP contribution < -0.4 is 11.1 Å². The summed E-state index contributed by atoms with van der Waals surface area (Å²) < 4.78 is 0. The average Bonchev–Trinajstić information content (AvgIpc) is 2.68. The van der Waals surface area contributed by atoms with Crippen molar-refractivity contribution in [1.82, 2.24) is 15.2 Å². The van der Waals surface area contributed by atoms with E-state index in [-0.39, 0.29) is 6.03 Å². The van der Waals surface area contributed by atoms with E-state index in [0.29, 0.717) is 19.0 Å². The Kier molecular flexibility index (Phi) is 6.01. The SMILES string of the molecule is NCc1ccc(CNC(=O)N2CCC(Cc3ccncc3)CC2)cc1. The lowest BCUT2D eigenvalue weighted by Gasteiger charge is -2.32. The second-order valence-corrected chi connectivity index (χ2v) is 6.67. The summed E-state index contributed by atoms with van der Waals surface area (Å²) in [6, 6.07) is 12.2. The van der Waals surface area contributed by atoms with E-state index in [9.17, 15) is 4.79 Å². The summed E-state index contributed by atoms with van der Waals surface area (Å²) in [5.41, 5.74) is 9.13. The molecule has 0 radical (unpaired) electrons. The minimum atomic E-state index is 0.0327. The number of nitrogens with two attached hydrogens (primary N) is 1. The van der Waals surface area contributed by atoms with Gasteiger partial charge in [-0.25, -0.2) is 4.79 Å². The maximum absolute atomic E-state index is 12.3. The van der Waals surface area contributed by atoms with Gasteiger partial charge in [0.15, 0.2) is 0 Å². The third kappa shape index (κ3) is 5.03. The number of carbonyl (C=O) groups excluding carboxylic acids is 1. The van der Waals surface area contributed by atoms with Crippen LogP contribution in [-0.4, -0.2) is 29.0 Å². The molecule has 5 heteroatoms. The molecule has 0 aliphatic carbocycles. The second-order valence-electron chi connectivity index (χ2n) is 6.67. The van der Waals surface area contributed by atoms with Crippen molar-refractivity contribution in [3.8, 4) is 0 Å². The van der Waals surface area contributed by atoms with E-state index >= 15 is 0 Å². The lowest BCUT2D eigenvalue weighted by atomic mass is 9.90. The van der Waals surface area contributed by atoms with Crippen LogP contribution >= 0.6 is 0 Å². The molecule has 1 aliphatic rings. The Balaban J connectivity index is 1.41. The molecule has 5 nitrogen and oxygen atoms in total. The number of hydrogen-bond acceptors (Lipinski definition) is 3. The lowest BCUT2D eigenvalue weighted by Crippen LogP contribution is -2.44. The fraction of sp³-hybridized carbons (Fsp3) is 0.400. The van der Waals surface area contributed by atoms with Crippen LogP contribution in [0.1, 0.15) is 29.5 Å². The van der Waals surface area contributed by atoms with Crippen molar-refractivity contribution in [3.05, 3.63) is 65.5 Å². The molecule has 1 aliphatic heterocycles. The fourth-order valence-corrected chi connectivity index (χ4v) is 3.28. The number of carbonyl (C=O) groups is 1. The van der Waals surface area contributed by atoms with Gasteiger partial charge >= 0.3 is 6.03 Å². The molecule has 25 heavy (non-hydrogen) atoms. The molecule has 2 amide bonds. The van der Waals surface area contributed by atoms with Gasteiger partial charge in [-0.2, -0.15) is 0 Å². The van der Waals surface area contributed by atoms with Crippen molar-refractivity contribution < 1.29 is 4.79 Å². The second kappa shape index (κ2) is 8.62. The minimum absolute atomic E-state index is 0.0327. The minimum Gasteiger partial charge on any atom is -0.334 e. The van der Waals surface area contributed by atoms with Crippen LogP contribution in [0.4, 0.5) is 4.79 Å². The maximum Gasteiger partial charge on any atom is 0.317 e. The first-order valence-corrected chi connectivity index (χ1v) is 8.94. The number of piperidine rings is 1. The Bertz CT molecular complexity index is 664. The molecule has 0 bridgehead atoms. The summed E-state index contributed by atoms with van der Waals surface area (Å²) in [7, 11) is 0. The van der Waals surface area contributed by atoms with Crippen LogP contribution in [0.25, 0.3) is 0 Å². The predicted octanol–water partition coefficient (Wildman–Crippen LogP) is 2.70. The highest BCUT2D eigenvalue weighted by atomic mass is 16.2. The Morgan fingerprint density at radius 2 is 1.68 bits per heavy atom. The number of nitrogens with zero attached hydrogens (tertiary/aromatic N) is 2. The summed E-state index contributed by atoms with van der Waals surface area (Å²) in [6.07, 6.45) is 6.88. The molecule has 0 atom stereocenters. The van der Waals surface area contributed by atoms with Gasteiger partial charge in [-0.3, -0.25) is 4.98 Å². The molecule has 0 unspecified atom stereocenters. The van der Waals surface area contributed by atoms with Crippen molar-refractivity contribution in [2.75, 3.05) is 13.1 Å². The van der Waals surface area contributed by atoms with Gasteiger partial charge in [0.05, 0.1) is 0 Å². The van der Waals surface area contributed by atoms with Crippen LogP contribution in [0.15, 0.2) is 48.8 Å². The third-order valence-electron chi connectivity index (χ3n) is 4.88. The first-order valence-electron chi connectivity index (χ1n) is 8.94. The zero-order valence-corrected chi connectivity index (χ0v) is 14.5.